The number of aryl methyl sites for hydroxylation is 1. The van der Waals surface area contributed by atoms with Crippen molar-refractivity contribution < 1.29 is 4.79 Å². The number of carbonyl (C=O) groups is 1. The van der Waals surface area contributed by atoms with Crippen LogP contribution < -0.4 is 10.2 Å². The highest BCUT2D eigenvalue weighted by Gasteiger charge is 2.18. The molecular weight excluding hydrogens is 316 g/mol. The second kappa shape index (κ2) is 6.78. The number of hydrogen-bond acceptors (Lipinski definition) is 6. The van der Waals surface area contributed by atoms with E-state index in [2.05, 4.69) is 20.5 Å². The number of benzene rings is 1. The topological polar surface area (TPSA) is 74.2 Å². The van der Waals surface area contributed by atoms with Crippen LogP contribution in [-0.4, -0.2) is 52.7 Å². The van der Waals surface area contributed by atoms with Gasteiger partial charge in [0.15, 0.2) is 5.82 Å². The molecule has 1 amide bonds. The number of piperazine rings is 1. The van der Waals surface area contributed by atoms with Crippen molar-refractivity contribution in [3.8, 4) is 0 Å². The van der Waals surface area contributed by atoms with Crippen LogP contribution in [0.5, 0.6) is 0 Å². The van der Waals surface area contributed by atoms with Crippen LogP contribution in [0.4, 0.5) is 17.5 Å². The highest BCUT2D eigenvalue weighted by atomic mass is 35.5. The van der Waals surface area contributed by atoms with Gasteiger partial charge in [-0.15, -0.1) is 5.10 Å². The number of halogens is 1. The van der Waals surface area contributed by atoms with Crippen molar-refractivity contribution in [2.24, 2.45) is 0 Å². The van der Waals surface area contributed by atoms with Crippen LogP contribution in [0.15, 0.2) is 24.4 Å². The van der Waals surface area contributed by atoms with E-state index < -0.39 is 0 Å². The fourth-order valence-electron chi connectivity index (χ4n) is 2.33. The first-order valence-electron chi connectivity index (χ1n) is 7.33. The molecule has 1 aliphatic rings. The maximum Gasteiger partial charge on any atom is 0.247 e. The molecule has 0 radical (unpaired) electrons. The molecule has 0 aliphatic carbocycles. The van der Waals surface area contributed by atoms with Gasteiger partial charge in [-0.25, -0.2) is 0 Å². The molecule has 120 valence electrons. The van der Waals surface area contributed by atoms with Gasteiger partial charge in [0.1, 0.15) is 0 Å². The predicted molar refractivity (Wildman–Crippen MR) is 89.1 cm³/mol. The smallest absolute Gasteiger partial charge is 0.247 e. The molecule has 1 saturated heterocycles. The van der Waals surface area contributed by atoms with Gasteiger partial charge in [-0.1, -0.05) is 17.7 Å². The second-order valence-electron chi connectivity index (χ2n) is 5.36. The number of nitrogens with one attached hydrogen (secondary N) is 1. The largest absolute Gasteiger partial charge is 0.342 e. The van der Waals surface area contributed by atoms with Gasteiger partial charge in [0.25, 0.3) is 0 Å². The van der Waals surface area contributed by atoms with E-state index in [1.807, 2.05) is 30.0 Å². The van der Waals surface area contributed by atoms with Gasteiger partial charge in [-0.2, -0.15) is 10.1 Å². The molecule has 1 aliphatic heterocycles. The van der Waals surface area contributed by atoms with Crippen molar-refractivity contribution >= 4 is 35.5 Å². The Morgan fingerprint density at radius 2 is 2.04 bits per heavy atom. The number of nitrogens with zero attached hydrogens (tertiary/aromatic N) is 5. The summed E-state index contributed by atoms with van der Waals surface area (Å²) in [6.07, 6.45) is 2.44. The minimum atomic E-state index is 0.554. The van der Waals surface area contributed by atoms with Gasteiger partial charge in [0.2, 0.25) is 12.4 Å². The molecule has 0 spiro atoms. The molecule has 2 heterocycles. The Labute approximate surface area is 139 Å². The number of anilines is 3. The summed E-state index contributed by atoms with van der Waals surface area (Å²) >= 11 is 6.13. The van der Waals surface area contributed by atoms with E-state index in [-0.39, 0.29) is 0 Å². The Hall–Kier alpha value is -2.41. The summed E-state index contributed by atoms with van der Waals surface area (Å²) in [5, 5.41) is 12.0. The minimum Gasteiger partial charge on any atom is -0.342 e. The van der Waals surface area contributed by atoms with E-state index in [0.29, 0.717) is 43.0 Å². The highest BCUT2D eigenvalue weighted by Crippen LogP contribution is 2.22. The molecule has 1 aromatic carbocycles. The summed E-state index contributed by atoms with van der Waals surface area (Å²) in [5.74, 6) is 1.16. The number of hydrogen-bond donors (Lipinski definition) is 1. The lowest BCUT2D eigenvalue weighted by molar-refractivity contribution is -0.118. The first kappa shape index (κ1) is 15.5. The van der Waals surface area contributed by atoms with E-state index >= 15 is 0 Å². The third-order valence-electron chi connectivity index (χ3n) is 3.74. The van der Waals surface area contributed by atoms with Crippen molar-refractivity contribution in [2.45, 2.75) is 6.92 Å². The van der Waals surface area contributed by atoms with Gasteiger partial charge in [-0.05, 0) is 24.6 Å². The zero-order valence-electron chi connectivity index (χ0n) is 12.7. The van der Waals surface area contributed by atoms with Crippen LogP contribution >= 0.6 is 11.6 Å². The van der Waals surface area contributed by atoms with E-state index in [0.717, 1.165) is 17.7 Å². The van der Waals surface area contributed by atoms with E-state index in [9.17, 15) is 4.79 Å². The molecule has 3 rings (SSSR count). The van der Waals surface area contributed by atoms with E-state index in [1.165, 1.54) is 0 Å². The average molecular weight is 333 g/mol. The molecule has 0 bridgehead atoms. The maximum absolute atomic E-state index is 10.8. The van der Waals surface area contributed by atoms with Crippen LogP contribution in [-0.2, 0) is 4.79 Å². The Bertz CT molecular complexity index is 702. The van der Waals surface area contributed by atoms with Gasteiger partial charge in [-0.3, -0.25) is 4.79 Å². The quantitative estimate of drug-likeness (QED) is 0.861. The zero-order chi connectivity index (χ0) is 16.2. The van der Waals surface area contributed by atoms with E-state index in [4.69, 9.17) is 11.6 Å². The lowest BCUT2D eigenvalue weighted by Crippen LogP contribution is -2.46. The Balaban J connectivity index is 1.72. The average Bonchev–Trinajstić information content (AvgIpc) is 2.58. The van der Waals surface area contributed by atoms with Crippen LogP contribution in [0.25, 0.3) is 0 Å². The molecule has 1 fully saturated rings. The maximum atomic E-state index is 10.8. The minimum absolute atomic E-state index is 0.554. The first-order valence-corrected chi connectivity index (χ1v) is 7.71. The second-order valence-corrected chi connectivity index (χ2v) is 5.77. The van der Waals surface area contributed by atoms with Crippen LogP contribution in [0.2, 0.25) is 5.02 Å². The molecule has 0 unspecified atom stereocenters. The van der Waals surface area contributed by atoms with Gasteiger partial charge < -0.3 is 15.1 Å². The summed E-state index contributed by atoms with van der Waals surface area (Å²) in [6, 6.07) is 5.73. The summed E-state index contributed by atoms with van der Waals surface area (Å²) in [7, 11) is 0. The summed E-state index contributed by atoms with van der Waals surface area (Å²) in [5.41, 5.74) is 1.87. The third kappa shape index (κ3) is 3.68. The highest BCUT2D eigenvalue weighted by molar-refractivity contribution is 6.31. The van der Waals surface area contributed by atoms with Crippen molar-refractivity contribution in [1.82, 2.24) is 20.1 Å². The number of carbonyl (C=O) groups excluding carboxylic acids is 1. The van der Waals surface area contributed by atoms with Crippen LogP contribution in [0, 0.1) is 6.92 Å². The molecule has 2 aromatic rings. The SMILES string of the molecule is Cc1ccc(Nc2cnnc(N3CCN(C=O)CC3)n2)cc1Cl. The summed E-state index contributed by atoms with van der Waals surface area (Å²) in [4.78, 5) is 19.0. The number of aromatic nitrogens is 3. The van der Waals surface area contributed by atoms with Crippen molar-refractivity contribution in [3.63, 3.8) is 0 Å². The Kier molecular flexibility index (Phi) is 4.57. The third-order valence-corrected chi connectivity index (χ3v) is 4.15. The van der Waals surface area contributed by atoms with Gasteiger partial charge in [0, 0.05) is 36.9 Å². The molecule has 0 saturated carbocycles. The molecule has 8 heteroatoms. The van der Waals surface area contributed by atoms with Gasteiger partial charge in [0.05, 0.1) is 6.20 Å². The van der Waals surface area contributed by atoms with Crippen LogP contribution in [0.3, 0.4) is 0 Å². The lowest BCUT2D eigenvalue weighted by Gasteiger charge is -2.32. The monoisotopic (exact) mass is 332 g/mol. The molecule has 7 nitrogen and oxygen atoms in total. The zero-order valence-corrected chi connectivity index (χ0v) is 13.5. The van der Waals surface area contributed by atoms with Crippen molar-refractivity contribution in [2.75, 3.05) is 36.4 Å². The molecule has 0 atom stereocenters. The van der Waals surface area contributed by atoms with Crippen molar-refractivity contribution in [1.29, 1.82) is 0 Å². The summed E-state index contributed by atoms with van der Waals surface area (Å²) < 4.78 is 0. The number of amides is 1. The molecular formula is C15H17ClN6O. The van der Waals surface area contributed by atoms with Crippen LogP contribution in [0.1, 0.15) is 5.56 Å². The van der Waals surface area contributed by atoms with Gasteiger partial charge >= 0.3 is 0 Å². The fraction of sp³-hybridized carbons (Fsp3) is 0.333. The van der Waals surface area contributed by atoms with E-state index in [1.54, 1.807) is 11.1 Å². The standard InChI is InChI=1S/C15H17ClN6O/c1-11-2-3-12(8-13(11)16)18-14-9-17-20-15(19-14)22-6-4-21(10-23)5-7-22/h2-3,8-10H,4-7H2,1H3,(H,18,19,20). The van der Waals surface area contributed by atoms with Crippen molar-refractivity contribution in [3.05, 3.63) is 35.0 Å². The first-order chi connectivity index (χ1) is 11.2. The normalized spacial score (nSPS) is 14.7. The molecule has 1 N–H and O–H groups in total. The number of rotatable bonds is 4. The fourth-order valence-corrected chi connectivity index (χ4v) is 2.51. The summed E-state index contributed by atoms with van der Waals surface area (Å²) in [6.45, 7) is 4.67. The molecule has 23 heavy (non-hydrogen) atoms. The predicted octanol–water partition coefficient (Wildman–Crippen LogP) is 1.86. The lowest BCUT2D eigenvalue weighted by atomic mass is 10.2. The molecule has 1 aromatic heterocycles. The Morgan fingerprint density at radius 1 is 1.26 bits per heavy atom. The Morgan fingerprint density at radius 3 is 2.74 bits per heavy atom.